The number of benzene rings is 2. The number of nitrogens with zero attached hydrogens (tertiary/aromatic N) is 2. The monoisotopic (exact) mass is 407 g/mol. The Labute approximate surface area is 178 Å². The summed E-state index contributed by atoms with van der Waals surface area (Å²) in [7, 11) is 1.70. The topological polar surface area (TPSA) is 36.9 Å². The number of fused-ring (bicyclic) bond motifs is 1. The van der Waals surface area contributed by atoms with Gasteiger partial charge in [0.1, 0.15) is 11.4 Å². The maximum absolute atomic E-state index is 13.7. The van der Waals surface area contributed by atoms with Crippen molar-refractivity contribution >= 4 is 6.21 Å². The summed E-state index contributed by atoms with van der Waals surface area (Å²) in [5, 5.41) is 3.70. The van der Waals surface area contributed by atoms with E-state index >= 15 is 0 Å². The summed E-state index contributed by atoms with van der Waals surface area (Å²) in [5.41, 5.74) is 4.84. The van der Waals surface area contributed by atoms with Gasteiger partial charge in [0, 0.05) is 31.6 Å². The van der Waals surface area contributed by atoms with E-state index in [4.69, 9.17) is 9.73 Å². The molecule has 0 aliphatic carbocycles. The molecular weight excluding hydrogens is 377 g/mol. The molecule has 4 rings (SSSR count). The third-order valence-corrected chi connectivity index (χ3v) is 6.88. The van der Waals surface area contributed by atoms with Gasteiger partial charge in [0.25, 0.3) is 0 Å². The first kappa shape index (κ1) is 20.8. The smallest absolute Gasteiger partial charge is 0.221 e. The highest BCUT2D eigenvalue weighted by atomic mass is 19.1. The maximum atomic E-state index is 13.7. The summed E-state index contributed by atoms with van der Waals surface area (Å²) < 4.78 is 19.9. The van der Waals surface area contributed by atoms with Gasteiger partial charge in [-0.25, -0.2) is 9.38 Å². The van der Waals surface area contributed by atoms with Gasteiger partial charge >= 0.3 is 0 Å². The van der Waals surface area contributed by atoms with Crippen LogP contribution in [-0.2, 0) is 16.8 Å². The summed E-state index contributed by atoms with van der Waals surface area (Å²) in [6, 6.07) is 15.3. The van der Waals surface area contributed by atoms with Crippen molar-refractivity contribution in [1.29, 1.82) is 0 Å². The molecule has 0 radical (unpaired) electrons. The Balaban J connectivity index is 1.88. The van der Waals surface area contributed by atoms with Gasteiger partial charge in [-0.3, -0.25) is 4.90 Å². The number of nitrogens with one attached hydrogen (secondary N) is 1. The Morgan fingerprint density at radius 3 is 2.53 bits per heavy atom. The highest BCUT2D eigenvalue weighted by Gasteiger charge is 2.57. The van der Waals surface area contributed by atoms with Crippen molar-refractivity contribution in [2.75, 3.05) is 13.7 Å². The van der Waals surface area contributed by atoms with Crippen LogP contribution in [0.15, 0.2) is 64.8 Å². The SMILES string of the molecule is COC(C)(c1ccc(F)cc1)C1(N2CCc3ccccc3C2C)N=CC(C)=C(C)N1. The van der Waals surface area contributed by atoms with Crippen LogP contribution in [-0.4, -0.2) is 30.6 Å². The third kappa shape index (κ3) is 3.08. The Kier molecular flexibility index (Phi) is 5.28. The molecule has 0 spiro atoms. The lowest BCUT2D eigenvalue weighted by molar-refractivity contribution is -0.155. The Hall–Kier alpha value is -2.50. The second kappa shape index (κ2) is 7.64. The molecule has 0 aromatic heterocycles. The minimum atomic E-state index is -0.879. The van der Waals surface area contributed by atoms with Crippen LogP contribution in [0.2, 0.25) is 0 Å². The fourth-order valence-corrected chi connectivity index (χ4v) is 4.79. The largest absolute Gasteiger partial charge is 0.368 e. The Morgan fingerprint density at radius 2 is 1.87 bits per heavy atom. The van der Waals surface area contributed by atoms with Crippen molar-refractivity contribution in [1.82, 2.24) is 10.2 Å². The predicted octanol–water partition coefficient (Wildman–Crippen LogP) is 4.93. The molecule has 3 atom stereocenters. The molecule has 4 nitrogen and oxygen atoms in total. The van der Waals surface area contributed by atoms with Crippen LogP contribution in [0.5, 0.6) is 0 Å². The number of allylic oxidation sites excluding steroid dienone is 2. The summed E-state index contributed by atoms with van der Waals surface area (Å²) in [6.07, 6.45) is 2.87. The predicted molar refractivity (Wildman–Crippen MR) is 119 cm³/mol. The van der Waals surface area contributed by atoms with Crippen LogP contribution in [0.3, 0.4) is 0 Å². The number of halogens is 1. The molecule has 30 heavy (non-hydrogen) atoms. The first-order valence-electron chi connectivity index (χ1n) is 10.5. The molecule has 2 aliphatic rings. The maximum Gasteiger partial charge on any atom is 0.221 e. The Morgan fingerprint density at radius 1 is 1.17 bits per heavy atom. The molecule has 0 fully saturated rings. The van der Waals surface area contributed by atoms with Crippen molar-refractivity contribution in [2.45, 2.75) is 51.5 Å². The molecular formula is C25H30FN3O. The number of rotatable bonds is 4. The van der Waals surface area contributed by atoms with E-state index in [1.807, 2.05) is 20.1 Å². The van der Waals surface area contributed by atoms with Gasteiger partial charge in [-0.05, 0) is 68.5 Å². The molecule has 0 bridgehead atoms. The number of hydrogen-bond donors (Lipinski definition) is 1. The molecule has 2 aromatic carbocycles. The van der Waals surface area contributed by atoms with E-state index in [1.54, 1.807) is 19.2 Å². The van der Waals surface area contributed by atoms with E-state index in [2.05, 4.69) is 48.3 Å². The fraction of sp³-hybridized carbons (Fsp3) is 0.400. The first-order chi connectivity index (χ1) is 14.3. The van der Waals surface area contributed by atoms with Crippen LogP contribution in [0.4, 0.5) is 4.39 Å². The van der Waals surface area contributed by atoms with Crippen molar-refractivity contribution in [2.24, 2.45) is 4.99 Å². The van der Waals surface area contributed by atoms with Crippen LogP contribution >= 0.6 is 0 Å². The highest BCUT2D eigenvalue weighted by molar-refractivity contribution is 5.80. The lowest BCUT2D eigenvalue weighted by Crippen LogP contribution is -2.70. The van der Waals surface area contributed by atoms with Gasteiger partial charge in [-0.15, -0.1) is 0 Å². The molecule has 0 amide bonds. The van der Waals surface area contributed by atoms with Crippen molar-refractivity contribution in [3.05, 3.63) is 82.3 Å². The van der Waals surface area contributed by atoms with Gasteiger partial charge < -0.3 is 10.1 Å². The average Bonchev–Trinajstić information content (AvgIpc) is 2.76. The molecule has 158 valence electrons. The number of methoxy groups -OCH3 is 1. The van der Waals surface area contributed by atoms with Crippen LogP contribution in [0.1, 0.15) is 50.4 Å². The number of ether oxygens (including phenoxy) is 1. The zero-order valence-corrected chi connectivity index (χ0v) is 18.4. The third-order valence-electron chi connectivity index (χ3n) is 6.88. The second-order valence-corrected chi connectivity index (χ2v) is 8.43. The van der Waals surface area contributed by atoms with Gasteiger partial charge in [-0.1, -0.05) is 36.4 Å². The highest BCUT2D eigenvalue weighted by Crippen LogP contribution is 2.46. The fourth-order valence-electron chi connectivity index (χ4n) is 4.79. The summed E-state index contributed by atoms with van der Waals surface area (Å²) in [5.74, 6) is -1.14. The molecule has 1 N–H and O–H groups in total. The van der Waals surface area contributed by atoms with E-state index in [1.165, 1.54) is 23.3 Å². The molecule has 2 heterocycles. The van der Waals surface area contributed by atoms with Crippen LogP contribution in [0.25, 0.3) is 0 Å². The van der Waals surface area contributed by atoms with Gasteiger partial charge in [0.2, 0.25) is 5.79 Å². The molecule has 0 saturated heterocycles. The molecule has 5 heteroatoms. The minimum Gasteiger partial charge on any atom is -0.368 e. The molecule has 2 aromatic rings. The lowest BCUT2D eigenvalue weighted by Gasteiger charge is -2.56. The van der Waals surface area contributed by atoms with E-state index < -0.39 is 11.4 Å². The van der Waals surface area contributed by atoms with Crippen LogP contribution in [0, 0.1) is 5.82 Å². The Bertz CT molecular complexity index is 1000. The first-order valence-corrected chi connectivity index (χ1v) is 10.5. The van der Waals surface area contributed by atoms with E-state index in [9.17, 15) is 4.39 Å². The second-order valence-electron chi connectivity index (χ2n) is 8.43. The van der Waals surface area contributed by atoms with E-state index in [0.717, 1.165) is 29.8 Å². The van der Waals surface area contributed by atoms with E-state index in [0.29, 0.717) is 0 Å². The van der Waals surface area contributed by atoms with Crippen molar-refractivity contribution < 1.29 is 9.13 Å². The van der Waals surface area contributed by atoms with Gasteiger partial charge in [0.05, 0.1) is 0 Å². The van der Waals surface area contributed by atoms with Gasteiger partial charge in [0.15, 0.2) is 0 Å². The quantitative estimate of drug-likeness (QED) is 0.781. The average molecular weight is 408 g/mol. The zero-order chi connectivity index (χ0) is 21.5. The van der Waals surface area contributed by atoms with Crippen LogP contribution < -0.4 is 5.32 Å². The normalized spacial score (nSPS) is 26.1. The zero-order valence-electron chi connectivity index (χ0n) is 18.4. The van der Waals surface area contributed by atoms with Crippen molar-refractivity contribution in [3.8, 4) is 0 Å². The van der Waals surface area contributed by atoms with Crippen molar-refractivity contribution in [3.63, 3.8) is 0 Å². The molecule has 2 aliphatic heterocycles. The molecule has 3 unspecified atom stereocenters. The summed E-state index contributed by atoms with van der Waals surface area (Å²) in [6.45, 7) is 9.20. The standard InChI is InChI=1S/C25H30FN3O/c1-17-16-27-25(28-18(17)2,24(4,30-5)21-10-12-22(26)13-11-21)29-15-14-20-8-6-7-9-23(20)19(29)3/h6-13,16,19,28H,14-15H2,1-5H3. The summed E-state index contributed by atoms with van der Waals surface area (Å²) in [4.78, 5) is 7.48. The molecule has 0 saturated carbocycles. The van der Waals surface area contributed by atoms with Gasteiger partial charge in [-0.2, -0.15) is 0 Å². The summed E-state index contributed by atoms with van der Waals surface area (Å²) >= 11 is 0. The minimum absolute atomic E-state index is 0.126. The van der Waals surface area contributed by atoms with E-state index in [-0.39, 0.29) is 11.9 Å². The lowest BCUT2D eigenvalue weighted by atomic mass is 9.82. The number of hydrogen-bond acceptors (Lipinski definition) is 4. The number of aliphatic imine (C=N–C) groups is 1.